The van der Waals surface area contributed by atoms with E-state index in [0.717, 1.165) is 19.5 Å². The Morgan fingerprint density at radius 3 is 1.88 bits per heavy atom. The van der Waals surface area contributed by atoms with Gasteiger partial charge in [-0.3, -0.25) is 0 Å². The molecular formula is C11H26N4O. The van der Waals surface area contributed by atoms with Gasteiger partial charge in [-0.25, -0.2) is 5.48 Å². The zero-order valence-electron chi connectivity index (χ0n) is 10.4. The number of nitrogens with zero attached hydrogens (tertiary/aromatic N) is 2. The average Bonchev–Trinajstić information content (AvgIpc) is 2.32. The summed E-state index contributed by atoms with van der Waals surface area (Å²) in [5.41, 5.74) is 2.21. The molecule has 1 heterocycles. The maximum absolute atomic E-state index is 8.48. The predicted octanol–water partition coefficient (Wildman–Crippen LogP) is -0.418. The van der Waals surface area contributed by atoms with E-state index in [1.807, 2.05) is 7.05 Å². The van der Waals surface area contributed by atoms with E-state index in [9.17, 15) is 0 Å². The quantitative estimate of drug-likeness (QED) is 0.391. The second kappa shape index (κ2) is 8.90. The summed E-state index contributed by atoms with van der Waals surface area (Å²) in [6.07, 6.45) is 2.27. The topological polar surface area (TPSA) is 50.8 Å². The van der Waals surface area contributed by atoms with Gasteiger partial charge < -0.3 is 20.3 Å². The number of piperazine rings is 1. The maximum atomic E-state index is 8.48. The van der Waals surface area contributed by atoms with Gasteiger partial charge in [0.1, 0.15) is 0 Å². The summed E-state index contributed by atoms with van der Waals surface area (Å²) in [4.78, 5) is 5.02. The third kappa shape index (κ3) is 5.77. The van der Waals surface area contributed by atoms with Crippen molar-refractivity contribution < 1.29 is 5.21 Å². The summed E-state index contributed by atoms with van der Waals surface area (Å²) in [7, 11) is 2.01. The monoisotopic (exact) mass is 230 g/mol. The average molecular weight is 230 g/mol. The van der Waals surface area contributed by atoms with Gasteiger partial charge in [-0.1, -0.05) is 0 Å². The fourth-order valence-electron chi connectivity index (χ4n) is 2.10. The molecule has 0 aromatic carbocycles. The van der Waals surface area contributed by atoms with Crippen molar-refractivity contribution >= 4 is 0 Å². The van der Waals surface area contributed by atoms with E-state index in [4.69, 9.17) is 5.21 Å². The van der Waals surface area contributed by atoms with Crippen LogP contribution < -0.4 is 10.8 Å². The van der Waals surface area contributed by atoms with Crippen LogP contribution in [0.3, 0.4) is 0 Å². The maximum Gasteiger partial charge on any atom is 0.0219 e. The van der Waals surface area contributed by atoms with E-state index in [-0.39, 0.29) is 0 Å². The molecule has 1 saturated heterocycles. The minimum absolute atomic E-state index is 0.697. The molecule has 0 aliphatic carbocycles. The summed E-state index contributed by atoms with van der Waals surface area (Å²) in [5, 5.41) is 11.7. The largest absolute Gasteiger partial charge is 0.320 e. The fourth-order valence-corrected chi connectivity index (χ4v) is 2.10. The molecule has 1 rings (SSSR count). The van der Waals surface area contributed by atoms with Crippen LogP contribution in [0.4, 0.5) is 0 Å². The van der Waals surface area contributed by atoms with E-state index in [2.05, 4.69) is 20.6 Å². The highest BCUT2D eigenvalue weighted by Crippen LogP contribution is 2.02. The van der Waals surface area contributed by atoms with Gasteiger partial charge >= 0.3 is 0 Å². The Labute approximate surface area is 98.8 Å². The number of rotatable bonds is 8. The highest BCUT2D eigenvalue weighted by atomic mass is 16.5. The molecule has 0 unspecified atom stereocenters. The van der Waals surface area contributed by atoms with Gasteiger partial charge in [0, 0.05) is 32.7 Å². The highest BCUT2D eigenvalue weighted by Gasteiger charge is 2.15. The minimum Gasteiger partial charge on any atom is -0.320 e. The van der Waals surface area contributed by atoms with Gasteiger partial charge in [-0.15, -0.1) is 0 Å². The van der Waals surface area contributed by atoms with Crippen molar-refractivity contribution in [1.82, 2.24) is 20.6 Å². The molecule has 0 amide bonds. The zero-order chi connectivity index (χ0) is 11.6. The van der Waals surface area contributed by atoms with Crippen LogP contribution in [0, 0.1) is 0 Å². The molecule has 1 fully saturated rings. The second-order valence-corrected chi connectivity index (χ2v) is 4.40. The SMILES string of the molecule is CNCCCN1CCN(CCCNO)CC1. The summed E-state index contributed by atoms with van der Waals surface area (Å²) in [5.74, 6) is 0. The first-order valence-corrected chi connectivity index (χ1v) is 6.33. The fraction of sp³-hybridized carbons (Fsp3) is 1.00. The van der Waals surface area contributed by atoms with Crippen LogP contribution in [0.5, 0.6) is 0 Å². The van der Waals surface area contributed by atoms with Crippen molar-refractivity contribution in [1.29, 1.82) is 0 Å². The summed E-state index contributed by atoms with van der Waals surface area (Å²) in [6, 6.07) is 0. The van der Waals surface area contributed by atoms with Gasteiger partial charge in [-0.05, 0) is 39.5 Å². The van der Waals surface area contributed by atoms with Crippen molar-refractivity contribution in [3.63, 3.8) is 0 Å². The Balaban J connectivity index is 2.00. The Kier molecular flexibility index (Phi) is 7.71. The van der Waals surface area contributed by atoms with E-state index < -0.39 is 0 Å². The summed E-state index contributed by atoms with van der Waals surface area (Å²) >= 11 is 0. The van der Waals surface area contributed by atoms with Crippen LogP contribution in [-0.2, 0) is 0 Å². The lowest BCUT2D eigenvalue weighted by atomic mass is 10.2. The third-order valence-electron chi connectivity index (χ3n) is 3.13. The molecular weight excluding hydrogens is 204 g/mol. The lowest BCUT2D eigenvalue weighted by Crippen LogP contribution is -2.47. The lowest BCUT2D eigenvalue weighted by Gasteiger charge is -2.34. The zero-order valence-corrected chi connectivity index (χ0v) is 10.4. The van der Waals surface area contributed by atoms with Gasteiger partial charge in [0.25, 0.3) is 0 Å². The van der Waals surface area contributed by atoms with Crippen molar-refractivity contribution in [2.75, 3.05) is 59.4 Å². The van der Waals surface area contributed by atoms with E-state index in [0.29, 0.717) is 6.54 Å². The van der Waals surface area contributed by atoms with Crippen LogP contribution in [-0.4, -0.2) is 74.4 Å². The van der Waals surface area contributed by atoms with Crippen LogP contribution in [0.15, 0.2) is 0 Å². The molecule has 5 heteroatoms. The molecule has 1 aliphatic heterocycles. The molecule has 0 atom stereocenters. The number of hydrogen-bond acceptors (Lipinski definition) is 5. The first-order chi connectivity index (χ1) is 7.86. The molecule has 0 saturated carbocycles. The van der Waals surface area contributed by atoms with Crippen molar-refractivity contribution in [2.45, 2.75) is 12.8 Å². The normalized spacial score (nSPS) is 19.1. The molecule has 0 spiro atoms. The van der Waals surface area contributed by atoms with Gasteiger partial charge in [0.2, 0.25) is 0 Å². The van der Waals surface area contributed by atoms with Crippen LogP contribution in [0.25, 0.3) is 0 Å². The lowest BCUT2D eigenvalue weighted by molar-refractivity contribution is 0.120. The van der Waals surface area contributed by atoms with Gasteiger partial charge in [0.05, 0.1) is 0 Å². The number of hydrogen-bond donors (Lipinski definition) is 3. The third-order valence-corrected chi connectivity index (χ3v) is 3.13. The van der Waals surface area contributed by atoms with E-state index in [1.165, 1.54) is 39.1 Å². The number of hydroxylamine groups is 1. The highest BCUT2D eigenvalue weighted by molar-refractivity contribution is 4.71. The second-order valence-electron chi connectivity index (χ2n) is 4.40. The van der Waals surface area contributed by atoms with E-state index in [1.54, 1.807) is 0 Å². The van der Waals surface area contributed by atoms with Crippen LogP contribution in [0.2, 0.25) is 0 Å². The van der Waals surface area contributed by atoms with Gasteiger partial charge in [0.15, 0.2) is 0 Å². The van der Waals surface area contributed by atoms with Crippen LogP contribution >= 0.6 is 0 Å². The Bertz CT molecular complexity index is 142. The first-order valence-electron chi connectivity index (χ1n) is 6.33. The Morgan fingerprint density at radius 2 is 1.44 bits per heavy atom. The summed E-state index contributed by atoms with van der Waals surface area (Å²) in [6.45, 7) is 8.85. The van der Waals surface area contributed by atoms with E-state index >= 15 is 0 Å². The molecule has 0 bridgehead atoms. The molecule has 0 aromatic rings. The van der Waals surface area contributed by atoms with Crippen molar-refractivity contribution in [2.24, 2.45) is 0 Å². The minimum atomic E-state index is 0.697. The summed E-state index contributed by atoms with van der Waals surface area (Å²) < 4.78 is 0. The molecule has 0 aromatic heterocycles. The molecule has 5 nitrogen and oxygen atoms in total. The standard InChI is InChI=1S/C11H26N4O/c1-12-4-2-6-14-8-10-15(11-9-14)7-3-5-13-16/h12-13,16H,2-11H2,1H3. The Morgan fingerprint density at radius 1 is 0.938 bits per heavy atom. The van der Waals surface area contributed by atoms with Gasteiger partial charge in [-0.2, -0.15) is 0 Å². The molecule has 1 aliphatic rings. The predicted molar refractivity (Wildman–Crippen MR) is 65.8 cm³/mol. The van der Waals surface area contributed by atoms with Crippen molar-refractivity contribution in [3.05, 3.63) is 0 Å². The molecule has 16 heavy (non-hydrogen) atoms. The molecule has 0 radical (unpaired) electrons. The Hall–Kier alpha value is -0.200. The molecule has 3 N–H and O–H groups in total. The molecule has 96 valence electrons. The number of nitrogens with one attached hydrogen (secondary N) is 2. The first kappa shape index (κ1) is 13.9. The van der Waals surface area contributed by atoms with Crippen LogP contribution in [0.1, 0.15) is 12.8 Å². The smallest absolute Gasteiger partial charge is 0.0219 e. The van der Waals surface area contributed by atoms with Crippen molar-refractivity contribution in [3.8, 4) is 0 Å².